The number of amides is 2. The lowest BCUT2D eigenvalue weighted by Gasteiger charge is -2.31. The molecule has 2 heterocycles. The van der Waals surface area contributed by atoms with Gasteiger partial charge in [-0.15, -0.1) is 0 Å². The fraction of sp³-hybridized carbons (Fsp3) is 0.278. The van der Waals surface area contributed by atoms with E-state index in [-0.39, 0.29) is 18.6 Å². The molecular weight excluding hydrogens is 582 g/mol. The van der Waals surface area contributed by atoms with Gasteiger partial charge in [-0.3, -0.25) is 4.79 Å². The molecule has 0 saturated carbocycles. The summed E-state index contributed by atoms with van der Waals surface area (Å²) in [4.78, 5) is 30.1. The Morgan fingerprint density at radius 3 is 2.46 bits per heavy atom. The third-order valence-corrected chi connectivity index (χ3v) is 7.71. The molecule has 3 aromatic carbocycles. The van der Waals surface area contributed by atoms with Crippen molar-refractivity contribution >= 4 is 17.8 Å². The van der Waals surface area contributed by atoms with Crippen molar-refractivity contribution in [3.8, 4) is 22.9 Å². The second kappa shape index (κ2) is 16.2. The minimum absolute atomic E-state index is 0.0559. The maximum atomic E-state index is 13.5. The van der Waals surface area contributed by atoms with E-state index in [9.17, 15) is 9.59 Å². The van der Waals surface area contributed by atoms with Gasteiger partial charge >= 0.3 is 6.09 Å². The van der Waals surface area contributed by atoms with E-state index in [1.807, 2.05) is 66.7 Å². The zero-order chi connectivity index (χ0) is 32.1. The topological polar surface area (TPSA) is 135 Å². The number of nitriles is 1. The van der Waals surface area contributed by atoms with Crippen molar-refractivity contribution in [3.63, 3.8) is 0 Å². The normalized spacial score (nSPS) is 16.4. The summed E-state index contributed by atoms with van der Waals surface area (Å²) >= 11 is 0. The number of anilines is 1. The lowest BCUT2D eigenvalue weighted by Crippen LogP contribution is -2.47. The lowest BCUT2D eigenvalue weighted by molar-refractivity contribution is -0.118. The summed E-state index contributed by atoms with van der Waals surface area (Å²) in [6.07, 6.45) is 2.34. The van der Waals surface area contributed by atoms with Gasteiger partial charge in [0.05, 0.1) is 24.8 Å². The van der Waals surface area contributed by atoms with E-state index >= 15 is 0 Å². The van der Waals surface area contributed by atoms with Crippen LogP contribution < -0.4 is 20.7 Å². The third kappa shape index (κ3) is 9.14. The number of carbonyl (C=O) groups is 2. The number of carbonyl (C=O) groups excluding carboxylic acids is 2. The molecule has 3 N–H and O–H groups in total. The van der Waals surface area contributed by atoms with Crippen LogP contribution in [0.4, 0.5) is 10.6 Å². The van der Waals surface area contributed by atoms with Gasteiger partial charge in [0.15, 0.2) is 0 Å². The fourth-order valence-corrected chi connectivity index (χ4v) is 5.24. The van der Waals surface area contributed by atoms with E-state index in [1.54, 1.807) is 30.5 Å². The van der Waals surface area contributed by atoms with Gasteiger partial charge in [-0.05, 0) is 65.4 Å². The standard InChI is InChI=1S/C36H37N5O5/c1-44-36(43)40-33(20-25-9-13-28(14-10-25)27-6-3-2-4-7-27)35(42)41-34-29(8-5-19-39-34)15-18-31-22-38-23-32(46-31)24-45-30-16-11-26(21-37)12-17-30/h2-14,16-17,19,31-33,38H,15,18,20,22-24H2,1H3,(H,40,43)(H,39,41,42)/t31-,32+,33?/m1/s1. The highest BCUT2D eigenvalue weighted by atomic mass is 16.5. The number of alkyl carbamates (subject to hydrolysis) is 1. The Kier molecular flexibility index (Phi) is 11.3. The molecule has 46 heavy (non-hydrogen) atoms. The van der Waals surface area contributed by atoms with E-state index in [4.69, 9.17) is 19.5 Å². The van der Waals surface area contributed by atoms with Crippen LogP contribution in [0.3, 0.4) is 0 Å². The molecule has 5 rings (SSSR count). The minimum Gasteiger partial charge on any atom is -0.491 e. The number of aryl methyl sites for hydroxylation is 1. The van der Waals surface area contributed by atoms with E-state index in [1.165, 1.54) is 7.11 Å². The smallest absolute Gasteiger partial charge is 0.407 e. The molecule has 0 radical (unpaired) electrons. The summed E-state index contributed by atoms with van der Waals surface area (Å²) < 4.78 is 17.0. The first-order valence-electron chi connectivity index (χ1n) is 15.2. The number of nitrogens with zero attached hydrogens (tertiary/aromatic N) is 2. The number of ether oxygens (including phenoxy) is 3. The second-order valence-electron chi connectivity index (χ2n) is 11.0. The zero-order valence-electron chi connectivity index (χ0n) is 25.6. The summed E-state index contributed by atoms with van der Waals surface area (Å²) in [7, 11) is 1.27. The number of pyridine rings is 1. The highest BCUT2D eigenvalue weighted by Gasteiger charge is 2.25. The van der Waals surface area contributed by atoms with Crippen LogP contribution in [0.15, 0.2) is 97.2 Å². The molecule has 3 atom stereocenters. The van der Waals surface area contributed by atoms with Crippen LogP contribution in [0, 0.1) is 11.3 Å². The molecule has 1 unspecified atom stereocenters. The Morgan fingerprint density at radius 2 is 1.72 bits per heavy atom. The Labute approximate surface area is 268 Å². The highest BCUT2D eigenvalue weighted by Crippen LogP contribution is 2.21. The van der Waals surface area contributed by atoms with Crippen LogP contribution in [-0.4, -0.2) is 62.0 Å². The molecule has 1 fully saturated rings. The van der Waals surface area contributed by atoms with Crippen molar-refractivity contribution < 1.29 is 23.8 Å². The van der Waals surface area contributed by atoms with Gasteiger partial charge in [-0.25, -0.2) is 9.78 Å². The lowest BCUT2D eigenvalue weighted by atomic mass is 10.00. The number of methoxy groups -OCH3 is 1. The third-order valence-electron chi connectivity index (χ3n) is 7.71. The largest absolute Gasteiger partial charge is 0.491 e. The van der Waals surface area contributed by atoms with Crippen molar-refractivity contribution in [2.45, 2.75) is 37.5 Å². The van der Waals surface area contributed by atoms with E-state index < -0.39 is 18.0 Å². The Hall–Kier alpha value is -5.24. The number of rotatable bonds is 12. The summed E-state index contributed by atoms with van der Waals surface area (Å²) in [6.45, 7) is 1.75. The molecule has 10 nitrogen and oxygen atoms in total. The first kappa shape index (κ1) is 32.2. The van der Waals surface area contributed by atoms with Crippen LogP contribution >= 0.6 is 0 Å². The molecule has 1 aliphatic rings. The molecule has 10 heteroatoms. The summed E-state index contributed by atoms with van der Waals surface area (Å²) in [5, 5.41) is 18.0. The van der Waals surface area contributed by atoms with Crippen molar-refractivity contribution in [3.05, 3.63) is 114 Å². The predicted octanol–water partition coefficient (Wildman–Crippen LogP) is 4.89. The molecule has 0 spiro atoms. The summed E-state index contributed by atoms with van der Waals surface area (Å²) in [6, 6.07) is 29.9. The van der Waals surface area contributed by atoms with Crippen LogP contribution in [0.25, 0.3) is 11.1 Å². The van der Waals surface area contributed by atoms with Crippen molar-refractivity contribution in [2.75, 3.05) is 32.1 Å². The summed E-state index contributed by atoms with van der Waals surface area (Å²) in [5.74, 6) is 0.728. The maximum absolute atomic E-state index is 13.5. The monoisotopic (exact) mass is 619 g/mol. The van der Waals surface area contributed by atoms with Crippen LogP contribution in [0.1, 0.15) is 23.1 Å². The zero-order valence-corrected chi connectivity index (χ0v) is 25.6. The number of nitrogens with one attached hydrogen (secondary N) is 3. The molecule has 0 bridgehead atoms. The number of hydrogen-bond donors (Lipinski definition) is 3. The van der Waals surface area contributed by atoms with Crippen molar-refractivity contribution in [1.29, 1.82) is 5.26 Å². The minimum atomic E-state index is -0.882. The first-order chi connectivity index (χ1) is 22.5. The fourth-order valence-electron chi connectivity index (χ4n) is 5.24. The number of morpholine rings is 1. The van der Waals surface area contributed by atoms with Gasteiger partial charge < -0.3 is 30.2 Å². The van der Waals surface area contributed by atoms with Gasteiger partial charge in [0.25, 0.3) is 0 Å². The number of hydrogen-bond acceptors (Lipinski definition) is 8. The van der Waals surface area contributed by atoms with Crippen LogP contribution in [-0.2, 0) is 27.1 Å². The highest BCUT2D eigenvalue weighted by molar-refractivity contribution is 5.96. The average molecular weight is 620 g/mol. The van der Waals surface area contributed by atoms with E-state index in [0.717, 1.165) is 22.3 Å². The SMILES string of the molecule is COC(=O)NC(Cc1ccc(-c2ccccc2)cc1)C(=O)Nc1ncccc1CC[C@@H]1CNC[C@@H](COc2ccc(C#N)cc2)O1. The Morgan fingerprint density at radius 1 is 0.978 bits per heavy atom. The van der Waals surface area contributed by atoms with Crippen molar-refractivity contribution in [2.24, 2.45) is 0 Å². The Balaban J connectivity index is 1.17. The second-order valence-corrected chi connectivity index (χ2v) is 11.0. The first-order valence-corrected chi connectivity index (χ1v) is 15.2. The van der Waals surface area contributed by atoms with Gasteiger partial charge in [-0.1, -0.05) is 60.7 Å². The molecule has 1 aromatic heterocycles. The molecule has 2 amide bonds. The quantitative estimate of drug-likeness (QED) is 0.204. The van der Waals surface area contributed by atoms with Crippen molar-refractivity contribution in [1.82, 2.24) is 15.6 Å². The van der Waals surface area contributed by atoms with Gasteiger partial charge in [0.1, 0.15) is 30.3 Å². The van der Waals surface area contributed by atoms with E-state index in [0.29, 0.717) is 49.7 Å². The van der Waals surface area contributed by atoms with Crippen LogP contribution in [0.2, 0.25) is 0 Å². The predicted molar refractivity (Wildman–Crippen MR) is 174 cm³/mol. The molecule has 1 saturated heterocycles. The molecule has 4 aromatic rings. The number of benzene rings is 3. The Bertz CT molecular complexity index is 1620. The van der Waals surface area contributed by atoms with Gasteiger partial charge in [-0.2, -0.15) is 5.26 Å². The number of aromatic nitrogens is 1. The average Bonchev–Trinajstić information content (AvgIpc) is 3.11. The molecule has 236 valence electrons. The molecular formula is C36H37N5O5. The molecule has 0 aliphatic carbocycles. The van der Waals surface area contributed by atoms with Gasteiger partial charge in [0, 0.05) is 25.7 Å². The van der Waals surface area contributed by atoms with Gasteiger partial charge in [0.2, 0.25) is 5.91 Å². The summed E-state index contributed by atoms with van der Waals surface area (Å²) in [5.41, 5.74) is 4.49. The maximum Gasteiger partial charge on any atom is 0.407 e. The van der Waals surface area contributed by atoms with Crippen LogP contribution in [0.5, 0.6) is 5.75 Å². The van der Waals surface area contributed by atoms with E-state index in [2.05, 4.69) is 27.0 Å². The molecule has 1 aliphatic heterocycles.